The maximum atomic E-state index is 12.0. The highest BCUT2D eigenvalue weighted by molar-refractivity contribution is 6.00. The summed E-state index contributed by atoms with van der Waals surface area (Å²) in [6.45, 7) is 0.381. The van der Waals surface area contributed by atoms with Gasteiger partial charge >= 0.3 is 6.18 Å². The van der Waals surface area contributed by atoms with Crippen LogP contribution in [0.3, 0.4) is 0 Å². The van der Waals surface area contributed by atoms with E-state index in [2.05, 4.69) is 10.6 Å². The predicted octanol–water partition coefficient (Wildman–Crippen LogP) is 2.73. The molecule has 2 N–H and O–H groups in total. The molecule has 1 aromatic carbocycles. The Balaban J connectivity index is 2.03. The first-order valence-corrected chi connectivity index (χ1v) is 6.18. The van der Waals surface area contributed by atoms with Gasteiger partial charge < -0.3 is 10.6 Å². The molecule has 1 heterocycles. The second-order valence-corrected chi connectivity index (χ2v) is 4.49. The number of alkyl halides is 3. The highest BCUT2D eigenvalue weighted by Gasteiger charge is 2.27. The number of aryl methyl sites for hydroxylation is 1. The van der Waals surface area contributed by atoms with Gasteiger partial charge in [-0.25, -0.2) is 0 Å². The monoisotopic (exact) mass is 272 g/mol. The van der Waals surface area contributed by atoms with E-state index in [4.69, 9.17) is 0 Å². The molecule has 1 amide bonds. The van der Waals surface area contributed by atoms with Crippen molar-refractivity contribution in [2.75, 3.05) is 18.4 Å². The lowest BCUT2D eigenvalue weighted by molar-refractivity contribution is -0.132. The van der Waals surface area contributed by atoms with E-state index in [-0.39, 0.29) is 0 Å². The number of benzene rings is 1. The van der Waals surface area contributed by atoms with Crippen LogP contribution in [0, 0.1) is 0 Å². The van der Waals surface area contributed by atoms with Gasteiger partial charge in [0.05, 0.1) is 17.7 Å². The summed E-state index contributed by atoms with van der Waals surface area (Å²) in [4.78, 5) is 11.9. The van der Waals surface area contributed by atoms with Crippen LogP contribution in [-0.2, 0) is 6.42 Å². The average Bonchev–Trinajstić information content (AvgIpc) is 2.36. The minimum absolute atomic E-state index is 0.397. The first-order chi connectivity index (χ1) is 8.97. The molecule has 6 heteroatoms. The van der Waals surface area contributed by atoms with Crippen LogP contribution in [0.1, 0.15) is 28.8 Å². The Kier molecular flexibility index (Phi) is 3.97. The van der Waals surface area contributed by atoms with Gasteiger partial charge in [-0.15, -0.1) is 0 Å². The molecule has 0 aromatic heterocycles. The van der Waals surface area contributed by atoms with Crippen molar-refractivity contribution in [2.45, 2.75) is 25.4 Å². The van der Waals surface area contributed by atoms with Crippen LogP contribution in [0.2, 0.25) is 0 Å². The maximum Gasteiger partial charge on any atom is 0.390 e. The van der Waals surface area contributed by atoms with Crippen molar-refractivity contribution in [3.63, 3.8) is 0 Å². The molecule has 0 radical (unpaired) electrons. The number of anilines is 1. The largest absolute Gasteiger partial charge is 0.390 e. The van der Waals surface area contributed by atoms with Gasteiger partial charge in [-0.1, -0.05) is 12.1 Å². The Morgan fingerprint density at radius 1 is 1.37 bits per heavy atom. The second-order valence-electron chi connectivity index (χ2n) is 4.49. The molecule has 0 spiro atoms. The quantitative estimate of drug-likeness (QED) is 0.888. The summed E-state index contributed by atoms with van der Waals surface area (Å²) in [6.07, 6.45) is -3.39. The molecule has 2 rings (SSSR count). The third-order valence-corrected chi connectivity index (χ3v) is 3.01. The second kappa shape index (κ2) is 5.50. The van der Waals surface area contributed by atoms with E-state index in [0.29, 0.717) is 5.56 Å². The van der Waals surface area contributed by atoms with Gasteiger partial charge in [0.15, 0.2) is 0 Å². The highest BCUT2D eigenvalue weighted by Crippen LogP contribution is 2.26. The number of rotatable bonds is 3. The third-order valence-electron chi connectivity index (χ3n) is 3.01. The first-order valence-electron chi connectivity index (χ1n) is 6.18. The van der Waals surface area contributed by atoms with Gasteiger partial charge in [-0.3, -0.25) is 4.79 Å². The molecule has 3 nitrogen and oxygen atoms in total. The van der Waals surface area contributed by atoms with E-state index in [9.17, 15) is 18.0 Å². The van der Waals surface area contributed by atoms with Crippen molar-refractivity contribution in [2.24, 2.45) is 0 Å². The van der Waals surface area contributed by atoms with Crippen molar-refractivity contribution in [1.29, 1.82) is 0 Å². The summed E-state index contributed by atoms with van der Waals surface area (Å²) in [5.74, 6) is -0.462. The van der Waals surface area contributed by atoms with Crippen molar-refractivity contribution < 1.29 is 18.0 Å². The van der Waals surface area contributed by atoms with Crippen LogP contribution >= 0.6 is 0 Å². The lowest BCUT2D eigenvalue weighted by Gasteiger charge is -2.20. The smallest absolute Gasteiger partial charge is 0.384 e. The van der Waals surface area contributed by atoms with Crippen molar-refractivity contribution >= 4 is 11.6 Å². The minimum atomic E-state index is -4.25. The minimum Gasteiger partial charge on any atom is -0.384 e. The number of carbonyl (C=O) groups is 1. The Morgan fingerprint density at radius 3 is 2.89 bits per heavy atom. The van der Waals surface area contributed by atoms with Crippen LogP contribution in [0.5, 0.6) is 0 Å². The Hall–Kier alpha value is -1.72. The van der Waals surface area contributed by atoms with Gasteiger partial charge in [0.2, 0.25) is 0 Å². The molecule has 0 unspecified atom stereocenters. The van der Waals surface area contributed by atoms with Crippen LogP contribution < -0.4 is 10.6 Å². The molecule has 0 saturated carbocycles. The molecule has 0 fully saturated rings. The van der Waals surface area contributed by atoms with Gasteiger partial charge in [0, 0.05) is 13.1 Å². The Bertz CT molecular complexity index is 471. The molecule has 0 saturated heterocycles. The Morgan fingerprint density at radius 2 is 2.16 bits per heavy atom. The fraction of sp³-hybridized carbons (Fsp3) is 0.462. The number of halogens is 3. The average molecular weight is 272 g/mol. The molecular weight excluding hydrogens is 257 g/mol. The number of fused-ring (bicyclic) bond motifs is 1. The SMILES string of the molecule is O=C(NCCC(F)(F)F)c1cccc2c1NCCC2. The third kappa shape index (κ3) is 3.62. The number of nitrogens with one attached hydrogen (secondary N) is 2. The van der Waals surface area contributed by atoms with E-state index in [1.165, 1.54) is 0 Å². The van der Waals surface area contributed by atoms with Crippen molar-refractivity contribution in [3.8, 4) is 0 Å². The molecule has 1 aliphatic rings. The topological polar surface area (TPSA) is 41.1 Å². The van der Waals surface area contributed by atoms with Crippen molar-refractivity contribution in [1.82, 2.24) is 5.32 Å². The summed E-state index contributed by atoms with van der Waals surface area (Å²) >= 11 is 0. The Labute approximate surface area is 109 Å². The fourth-order valence-electron chi connectivity index (χ4n) is 2.11. The molecule has 1 aliphatic heterocycles. The van der Waals surface area contributed by atoms with E-state index in [0.717, 1.165) is 30.6 Å². The van der Waals surface area contributed by atoms with E-state index < -0.39 is 25.0 Å². The normalized spacial score (nSPS) is 14.5. The molecule has 104 valence electrons. The van der Waals surface area contributed by atoms with Gasteiger partial charge in [0.25, 0.3) is 5.91 Å². The molecule has 19 heavy (non-hydrogen) atoms. The summed E-state index contributed by atoms with van der Waals surface area (Å²) in [6, 6.07) is 5.30. The number of carbonyl (C=O) groups excluding carboxylic acids is 1. The summed E-state index contributed by atoms with van der Waals surface area (Å²) in [5, 5.41) is 5.44. The lowest BCUT2D eigenvalue weighted by atomic mass is 9.99. The zero-order chi connectivity index (χ0) is 13.9. The van der Waals surface area contributed by atoms with Crippen LogP contribution in [0.4, 0.5) is 18.9 Å². The van der Waals surface area contributed by atoms with Gasteiger partial charge in [-0.2, -0.15) is 13.2 Å². The standard InChI is InChI=1S/C13H15F3N2O/c14-13(15,16)6-8-18-12(19)10-5-1-3-9-4-2-7-17-11(9)10/h1,3,5,17H,2,4,6-8H2,(H,18,19). The molecule has 0 bridgehead atoms. The van der Waals surface area contributed by atoms with Crippen LogP contribution in [0.15, 0.2) is 18.2 Å². The zero-order valence-electron chi connectivity index (χ0n) is 10.3. The number of hydrogen-bond donors (Lipinski definition) is 2. The van der Waals surface area contributed by atoms with Gasteiger partial charge in [-0.05, 0) is 24.5 Å². The van der Waals surface area contributed by atoms with Gasteiger partial charge in [0.1, 0.15) is 0 Å². The fourth-order valence-corrected chi connectivity index (χ4v) is 2.11. The lowest BCUT2D eigenvalue weighted by Crippen LogP contribution is -2.29. The molecule has 0 atom stereocenters. The van der Waals surface area contributed by atoms with E-state index in [1.54, 1.807) is 12.1 Å². The van der Waals surface area contributed by atoms with Crippen LogP contribution in [-0.4, -0.2) is 25.2 Å². The van der Waals surface area contributed by atoms with Crippen molar-refractivity contribution in [3.05, 3.63) is 29.3 Å². The van der Waals surface area contributed by atoms with E-state index in [1.807, 2.05) is 6.07 Å². The first kappa shape index (κ1) is 13.7. The number of amides is 1. The van der Waals surface area contributed by atoms with E-state index >= 15 is 0 Å². The highest BCUT2D eigenvalue weighted by atomic mass is 19.4. The summed E-state index contributed by atoms with van der Waals surface area (Å²) in [5.41, 5.74) is 2.20. The number of hydrogen-bond acceptors (Lipinski definition) is 2. The molecular formula is C13H15F3N2O. The maximum absolute atomic E-state index is 12.0. The zero-order valence-corrected chi connectivity index (χ0v) is 10.3. The summed E-state index contributed by atoms with van der Waals surface area (Å²) in [7, 11) is 0. The number of para-hydroxylation sites is 1. The molecule has 1 aromatic rings. The summed E-state index contributed by atoms with van der Waals surface area (Å²) < 4.78 is 36.1. The van der Waals surface area contributed by atoms with Crippen LogP contribution in [0.25, 0.3) is 0 Å². The predicted molar refractivity (Wildman–Crippen MR) is 66.3 cm³/mol. The molecule has 0 aliphatic carbocycles.